The molecule has 0 heterocycles. The van der Waals surface area contributed by atoms with E-state index in [1.54, 1.807) is 12.1 Å². The number of rotatable bonds is 5. The minimum atomic E-state index is -0.261. The third-order valence-corrected chi connectivity index (χ3v) is 3.25. The van der Waals surface area contributed by atoms with Crippen LogP contribution in [0.3, 0.4) is 0 Å². The molecule has 0 aliphatic carbocycles. The van der Waals surface area contributed by atoms with Gasteiger partial charge < -0.3 is 15.8 Å². The Balaban J connectivity index is 2.00. The maximum absolute atomic E-state index is 12.0. The van der Waals surface area contributed by atoms with Gasteiger partial charge in [0.2, 0.25) is 0 Å². The van der Waals surface area contributed by atoms with Crippen molar-refractivity contribution in [1.82, 2.24) is 0 Å². The first-order valence-corrected chi connectivity index (χ1v) is 7.26. The Bertz CT molecular complexity index is 693. The topological polar surface area (TPSA) is 64.3 Å². The molecule has 0 saturated heterocycles. The SMILES string of the molecule is Cc1cc(C)cc(OCC(=O)Nc2ccccc2C(N)=S)c1. The van der Waals surface area contributed by atoms with Gasteiger partial charge in [0, 0.05) is 5.56 Å². The normalized spacial score (nSPS) is 10.1. The molecule has 5 heteroatoms. The maximum atomic E-state index is 12.0. The summed E-state index contributed by atoms with van der Waals surface area (Å²) in [5.74, 6) is 0.415. The lowest BCUT2D eigenvalue weighted by Crippen LogP contribution is -2.22. The predicted molar refractivity (Wildman–Crippen MR) is 92.4 cm³/mol. The Hall–Kier alpha value is -2.40. The van der Waals surface area contributed by atoms with Crippen molar-refractivity contribution in [1.29, 1.82) is 0 Å². The average Bonchev–Trinajstić information content (AvgIpc) is 2.44. The number of carbonyl (C=O) groups excluding carboxylic acids is 1. The fraction of sp³-hybridized carbons (Fsp3) is 0.176. The number of carbonyl (C=O) groups is 1. The summed E-state index contributed by atoms with van der Waals surface area (Å²) in [6.45, 7) is 3.89. The molecule has 0 radical (unpaired) electrons. The molecule has 2 aromatic carbocycles. The Morgan fingerprint density at radius 2 is 1.82 bits per heavy atom. The van der Waals surface area contributed by atoms with Crippen LogP contribution in [-0.2, 0) is 4.79 Å². The van der Waals surface area contributed by atoms with Gasteiger partial charge in [-0.25, -0.2) is 0 Å². The number of aryl methyl sites for hydroxylation is 2. The first-order chi connectivity index (χ1) is 10.5. The summed E-state index contributed by atoms with van der Waals surface area (Å²) in [7, 11) is 0. The van der Waals surface area contributed by atoms with Crippen LogP contribution < -0.4 is 15.8 Å². The Labute approximate surface area is 135 Å². The molecule has 1 amide bonds. The number of para-hydroxylation sites is 1. The number of ether oxygens (including phenoxy) is 1. The summed E-state index contributed by atoms with van der Waals surface area (Å²) >= 11 is 4.97. The Morgan fingerprint density at radius 3 is 2.45 bits per heavy atom. The molecule has 2 aromatic rings. The number of hydrogen-bond acceptors (Lipinski definition) is 3. The summed E-state index contributed by atoms with van der Waals surface area (Å²) in [6.07, 6.45) is 0. The highest BCUT2D eigenvalue weighted by Gasteiger charge is 2.09. The Morgan fingerprint density at radius 1 is 1.18 bits per heavy atom. The van der Waals surface area contributed by atoms with Gasteiger partial charge in [-0.15, -0.1) is 0 Å². The van der Waals surface area contributed by atoms with Crippen LogP contribution in [0.25, 0.3) is 0 Å². The van der Waals surface area contributed by atoms with E-state index in [9.17, 15) is 4.79 Å². The second kappa shape index (κ2) is 7.04. The fourth-order valence-corrected chi connectivity index (χ4v) is 2.34. The van der Waals surface area contributed by atoms with Crippen LogP contribution in [-0.4, -0.2) is 17.5 Å². The number of amides is 1. The molecule has 0 aromatic heterocycles. The van der Waals surface area contributed by atoms with Crippen molar-refractivity contribution in [2.45, 2.75) is 13.8 Å². The second-order valence-corrected chi connectivity index (χ2v) is 5.51. The molecule has 114 valence electrons. The minimum Gasteiger partial charge on any atom is -0.484 e. The van der Waals surface area contributed by atoms with Crippen LogP contribution in [0.5, 0.6) is 5.75 Å². The molecule has 0 bridgehead atoms. The van der Waals surface area contributed by atoms with E-state index in [4.69, 9.17) is 22.7 Å². The third-order valence-electron chi connectivity index (χ3n) is 3.03. The van der Waals surface area contributed by atoms with Crippen molar-refractivity contribution in [3.05, 3.63) is 59.2 Å². The van der Waals surface area contributed by atoms with E-state index in [1.807, 2.05) is 44.2 Å². The van der Waals surface area contributed by atoms with E-state index in [-0.39, 0.29) is 17.5 Å². The molecule has 0 spiro atoms. The van der Waals surface area contributed by atoms with Gasteiger partial charge in [0.1, 0.15) is 10.7 Å². The van der Waals surface area contributed by atoms with E-state index in [1.165, 1.54) is 0 Å². The zero-order valence-electron chi connectivity index (χ0n) is 12.6. The molecular formula is C17H18N2O2S. The van der Waals surface area contributed by atoms with Crippen molar-refractivity contribution >= 4 is 28.8 Å². The monoisotopic (exact) mass is 314 g/mol. The van der Waals surface area contributed by atoms with E-state index < -0.39 is 0 Å². The first kappa shape index (κ1) is 16.0. The van der Waals surface area contributed by atoms with Crippen LogP contribution in [0.15, 0.2) is 42.5 Å². The fourth-order valence-electron chi connectivity index (χ4n) is 2.16. The first-order valence-electron chi connectivity index (χ1n) is 6.85. The quantitative estimate of drug-likeness (QED) is 0.833. The van der Waals surface area contributed by atoms with Crippen LogP contribution in [0.2, 0.25) is 0 Å². The zero-order chi connectivity index (χ0) is 16.1. The summed E-state index contributed by atoms with van der Waals surface area (Å²) in [4.78, 5) is 12.3. The second-order valence-electron chi connectivity index (χ2n) is 5.07. The third kappa shape index (κ3) is 4.30. The van der Waals surface area contributed by atoms with E-state index in [2.05, 4.69) is 5.32 Å². The number of benzene rings is 2. The molecule has 3 N–H and O–H groups in total. The van der Waals surface area contributed by atoms with Gasteiger partial charge >= 0.3 is 0 Å². The van der Waals surface area contributed by atoms with Crippen molar-refractivity contribution < 1.29 is 9.53 Å². The van der Waals surface area contributed by atoms with Gasteiger partial charge in [-0.1, -0.05) is 30.4 Å². The largest absolute Gasteiger partial charge is 0.484 e. The lowest BCUT2D eigenvalue weighted by molar-refractivity contribution is -0.118. The summed E-state index contributed by atoms with van der Waals surface area (Å²) in [6, 6.07) is 13.0. The number of thiocarbonyl (C=S) groups is 1. The summed E-state index contributed by atoms with van der Waals surface area (Å²) in [5, 5.41) is 2.76. The molecule has 0 aliphatic heterocycles. The van der Waals surface area contributed by atoms with Gasteiger partial charge in [-0.2, -0.15) is 0 Å². The van der Waals surface area contributed by atoms with E-state index in [0.717, 1.165) is 11.1 Å². The lowest BCUT2D eigenvalue weighted by atomic mass is 10.1. The molecule has 0 fully saturated rings. The molecule has 0 saturated carbocycles. The molecular weight excluding hydrogens is 296 g/mol. The summed E-state index contributed by atoms with van der Waals surface area (Å²) in [5.41, 5.74) is 9.04. The smallest absolute Gasteiger partial charge is 0.262 e. The molecule has 4 nitrogen and oxygen atoms in total. The summed E-state index contributed by atoms with van der Waals surface area (Å²) < 4.78 is 5.53. The highest BCUT2D eigenvalue weighted by atomic mass is 32.1. The number of nitrogens with two attached hydrogens (primary N) is 1. The molecule has 2 rings (SSSR count). The number of hydrogen-bond donors (Lipinski definition) is 2. The Kier molecular flexibility index (Phi) is 5.12. The van der Waals surface area contributed by atoms with Gasteiger partial charge in [-0.3, -0.25) is 4.79 Å². The van der Waals surface area contributed by atoms with Crippen molar-refractivity contribution in [3.8, 4) is 5.75 Å². The molecule has 22 heavy (non-hydrogen) atoms. The minimum absolute atomic E-state index is 0.0748. The number of anilines is 1. The van der Waals surface area contributed by atoms with Crippen molar-refractivity contribution in [2.24, 2.45) is 5.73 Å². The van der Waals surface area contributed by atoms with Crippen LogP contribution >= 0.6 is 12.2 Å². The van der Waals surface area contributed by atoms with Crippen molar-refractivity contribution in [3.63, 3.8) is 0 Å². The highest BCUT2D eigenvalue weighted by molar-refractivity contribution is 7.80. The average molecular weight is 314 g/mol. The highest BCUT2D eigenvalue weighted by Crippen LogP contribution is 2.17. The standard InChI is InChI=1S/C17H18N2O2S/c1-11-7-12(2)9-13(8-11)21-10-16(20)19-15-6-4-3-5-14(15)17(18)22/h3-9H,10H2,1-2H3,(H2,18,22)(H,19,20). The molecule has 0 unspecified atom stereocenters. The zero-order valence-corrected chi connectivity index (χ0v) is 13.4. The van der Waals surface area contributed by atoms with Crippen LogP contribution in [0.4, 0.5) is 5.69 Å². The molecule has 0 atom stereocenters. The van der Waals surface area contributed by atoms with E-state index >= 15 is 0 Å². The van der Waals surface area contributed by atoms with Crippen LogP contribution in [0.1, 0.15) is 16.7 Å². The molecule has 0 aliphatic rings. The van der Waals surface area contributed by atoms with Crippen LogP contribution in [0, 0.1) is 13.8 Å². The van der Waals surface area contributed by atoms with Gasteiger partial charge in [0.15, 0.2) is 6.61 Å². The lowest BCUT2D eigenvalue weighted by Gasteiger charge is -2.11. The maximum Gasteiger partial charge on any atom is 0.262 e. The van der Waals surface area contributed by atoms with Crippen molar-refractivity contribution in [2.75, 3.05) is 11.9 Å². The van der Waals surface area contributed by atoms with Gasteiger partial charge in [-0.05, 0) is 49.2 Å². The predicted octanol–water partition coefficient (Wildman–Crippen LogP) is 2.96. The van der Waals surface area contributed by atoms with E-state index in [0.29, 0.717) is 17.0 Å². The van der Waals surface area contributed by atoms with Gasteiger partial charge in [0.05, 0.1) is 5.69 Å². The van der Waals surface area contributed by atoms with Gasteiger partial charge in [0.25, 0.3) is 5.91 Å². The number of nitrogens with one attached hydrogen (secondary N) is 1.